The molecule has 1 fully saturated rings. The fourth-order valence-electron chi connectivity index (χ4n) is 4.68. The molecule has 0 amide bonds. The van der Waals surface area contributed by atoms with Crippen LogP contribution in [0, 0.1) is 0 Å². The molecule has 34 heavy (non-hydrogen) atoms. The number of H-pyrrole nitrogens is 1. The van der Waals surface area contributed by atoms with Crippen LogP contribution in [-0.4, -0.2) is 73.6 Å². The molecule has 5 heterocycles. The summed E-state index contributed by atoms with van der Waals surface area (Å²) in [4.78, 5) is 19.7. The zero-order valence-electron chi connectivity index (χ0n) is 20.0. The topological polar surface area (TPSA) is 122 Å². The highest BCUT2D eigenvalue weighted by atomic mass is 32.2. The maximum absolute atomic E-state index is 12.9. The van der Waals surface area contributed by atoms with Gasteiger partial charge in [0.1, 0.15) is 16.1 Å². The largest absolute Gasteiger partial charge is 0.488 e. The van der Waals surface area contributed by atoms with Gasteiger partial charge in [-0.2, -0.15) is 0 Å². The summed E-state index contributed by atoms with van der Waals surface area (Å²) in [6.45, 7) is 6.97. The molecule has 0 radical (unpaired) electrons. The molecule has 1 unspecified atom stereocenters. The summed E-state index contributed by atoms with van der Waals surface area (Å²) in [5.41, 5.74) is 2.56. The zero-order chi connectivity index (χ0) is 24.3. The summed E-state index contributed by atoms with van der Waals surface area (Å²) in [6, 6.07) is 2.05. The molecule has 0 aromatic carbocycles. The Morgan fingerprint density at radius 1 is 1.26 bits per heavy atom. The van der Waals surface area contributed by atoms with E-state index in [0.717, 1.165) is 23.1 Å². The van der Waals surface area contributed by atoms with Gasteiger partial charge < -0.3 is 24.7 Å². The van der Waals surface area contributed by atoms with Crippen molar-refractivity contribution in [2.75, 3.05) is 43.3 Å². The molecule has 2 aliphatic rings. The predicted octanol–water partition coefficient (Wildman–Crippen LogP) is 2.72. The number of nitrogens with one attached hydrogen (secondary N) is 2. The number of fused-ring (bicyclic) bond motifs is 4. The molecule has 5 rings (SSSR count). The predicted molar refractivity (Wildman–Crippen MR) is 131 cm³/mol. The smallest absolute Gasteiger partial charge is 0.185 e. The van der Waals surface area contributed by atoms with Gasteiger partial charge in [-0.05, 0) is 26.8 Å². The number of nitrogens with zero attached hydrogens (tertiary/aromatic N) is 4. The number of hydrogen-bond acceptors (Lipinski definition) is 9. The first-order valence-corrected chi connectivity index (χ1v) is 13.3. The van der Waals surface area contributed by atoms with Crippen LogP contribution in [0.2, 0.25) is 0 Å². The lowest BCUT2D eigenvalue weighted by Crippen LogP contribution is -2.51. The van der Waals surface area contributed by atoms with Crippen LogP contribution in [0.3, 0.4) is 0 Å². The van der Waals surface area contributed by atoms with Gasteiger partial charge in [0.25, 0.3) is 0 Å². The number of aromatic amines is 1. The van der Waals surface area contributed by atoms with E-state index in [9.17, 15) is 8.42 Å². The van der Waals surface area contributed by atoms with Crippen molar-refractivity contribution in [1.29, 1.82) is 0 Å². The third-order valence-electron chi connectivity index (χ3n) is 6.90. The van der Waals surface area contributed by atoms with Gasteiger partial charge >= 0.3 is 0 Å². The Morgan fingerprint density at radius 2 is 2.06 bits per heavy atom. The lowest BCUT2D eigenvalue weighted by molar-refractivity contribution is 0.0671. The van der Waals surface area contributed by atoms with Crippen LogP contribution < -0.4 is 15.0 Å². The van der Waals surface area contributed by atoms with E-state index in [4.69, 9.17) is 19.4 Å². The number of aromatic nitrogens is 4. The van der Waals surface area contributed by atoms with Crippen LogP contribution in [0.5, 0.6) is 5.75 Å². The van der Waals surface area contributed by atoms with Crippen LogP contribution in [0.4, 0.5) is 11.5 Å². The maximum atomic E-state index is 12.9. The molecule has 2 N–H and O–H groups in total. The van der Waals surface area contributed by atoms with E-state index >= 15 is 0 Å². The minimum Gasteiger partial charge on any atom is -0.488 e. The Hall–Kier alpha value is -2.92. The van der Waals surface area contributed by atoms with Crippen LogP contribution in [-0.2, 0) is 19.3 Å². The Kier molecular flexibility index (Phi) is 5.44. The summed E-state index contributed by atoms with van der Waals surface area (Å²) in [5, 5.41) is 4.03. The van der Waals surface area contributed by atoms with Crippen molar-refractivity contribution < 1.29 is 17.9 Å². The third-order valence-corrected chi connectivity index (χ3v) is 8.95. The highest BCUT2D eigenvalue weighted by molar-refractivity contribution is 7.91. The highest BCUT2D eigenvalue weighted by Gasteiger charge is 2.43. The average Bonchev–Trinajstić information content (AvgIpc) is 3.18. The van der Waals surface area contributed by atoms with Gasteiger partial charge in [-0.15, -0.1) is 0 Å². The van der Waals surface area contributed by atoms with Gasteiger partial charge in [-0.25, -0.2) is 23.4 Å². The first kappa shape index (κ1) is 22.9. The first-order chi connectivity index (χ1) is 16.1. The zero-order valence-corrected chi connectivity index (χ0v) is 20.9. The van der Waals surface area contributed by atoms with Gasteiger partial charge in [0.15, 0.2) is 27.2 Å². The standard InChI is InChI=1S/C23H30N6O4S/c1-13-11-32-12-14-7-9-33-18-19(23(2,3)34(5,30)31)27-21(28-22(18)29(13)14)17-15-6-8-25-20(15)26-10-16(17)24-4/h6,8,10,13-14,24H,7,9,11-12H2,1-5H3,(H,25,26)/t13-,14?/m1/s1. The number of morpholine rings is 1. The summed E-state index contributed by atoms with van der Waals surface area (Å²) in [5.74, 6) is 1.46. The van der Waals surface area contributed by atoms with Crippen molar-refractivity contribution in [2.45, 2.75) is 44.0 Å². The van der Waals surface area contributed by atoms with Gasteiger partial charge in [0, 0.05) is 31.3 Å². The monoisotopic (exact) mass is 486 g/mol. The van der Waals surface area contributed by atoms with Crippen LogP contribution in [0.25, 0.3) is 22.4 Å². The van der Waals surface area contributed by atoms with Crippen molar-refractivity contribution in [3.05, 3.63) is 24.2 Å². The number of sulfone groups is 1. The Labute approximate surface area is 199 Å². The van der Waals surface area contributed by atoms with Crippen molar-refractivity contribution in [1.82, 2.24) is 19.9 Å². The minimum absolute atomic E-state index is 0.0460. The number of anilines is 2. The quantitative estimate of drug-likeness (QED) is 0.573. The van der Waals surface area contributed by atoms with Gasteiger partial charge in [0.2, 0.25) is 0 Å². The highest BCUT2D eigenvalue weighted by Crippen LogP contribution is 2.45. The molecular formula is C23H30N6O4S. The van der Waals surface area contributed by atoms with Crippen LogP contribution in [0.1, 0.15) is 32.9 Å². The first-order valence-electron chi connectivity index (χ1n) is 11.4. The second kappa shape index (κ2) is 8.09. The molecule has 0 saturated carbocycles. The molecule has 0 bridgehead atoms. The van der Waals surface area contributed by atoms with Crippen molar-refractivity contribution in [3.8, 4) is 17.1 Å². The van der Waals surface area contributed by atoms with Gasteiger partial charge in [-0.1, -0.05) is 0 Å². The molecular weight excluding hydrogens is 456 g/mol. The normalized spacial score (nSPS) is 20.9. The molecule has 1 saturated heterocycles. The molecule has 3 aromatic rings. The lowest BCUT2D eigenvalue weighted by atomic mass is 10.0. The summed E-state index contributed by atoms with van der Waals surface area (Å²) in [7, 11) is -1.73. The number of pyridine rings is 1. The molecule has 3 aromatic heterocycles. The Bertz CT molecular complexity index is 1350. The van der Waals surface area contributed by atoms with E-state index in [1.165, 1.54) is 6.26 Å². The molecule has 0 spiro atoms. The van der Waals surface area contributed by atoms with Crippen molar-refractivity contribution in [2.24, 2.45) is 0 Å². The average molecular weight is 487 g/mol. The number of ether oxygens (including phenoxy) is 2. The van der Waals surface area contributed by atoms with Gasteiger partial charge in [-0.3, -0.25) is 0 Å². The summed E-state index contributed by atoms with van der Waals surface area (Å²) < 4.78 is 36.6. The number of rotatable bonds is 4. The maximum Gasteiger partial charge on any atom is 0.185 e. The fourth-order valence-corrected chi connectivity index (χ4v) is 5.17. The second-order valence-corrected chi connectivity index (χ2v) is 12.0. The van der Waals surface area contributed by atoms with E-state index in [1.54, 1.807) is 20.0 Å². The fraction of sp³-hybridized carbons (Fsp3) is 0.522. The van der Waals surface area contributed by atoms with Gasteiger partial charge in [0.05, 0.1) is 49.4 Å². The Balaban J connectivity index is 1.86. The van der Waals surface area contributed by atoms with Crippen molar-refractivity contribution in [3.63, 3.8) is 0 Å². The molecule has 10 nitrogen and oxygen atoms in total. The van der Waals surface area contributed by atoms with Crippen molar-refractivity contribution >= 4 is 32.4 Å². The second-order valence-electron chi connectivity index (χ2n) is 9.45. The Morgan fingerprint density at radius 3 is 2.79 bits per heavy atom. The van der Waals surface area contributed by atoms with E-state index < -0.39 is 14.6 Å². The van der Waals surface area contributed by atoms with E-state index in [-0.39, 0.29) is 12.1 Å². The van der Waals surface area contributed by atoms with E-state index in [0.29, 0.717) is 48.6 Å². The molecule has 0 aliphatic carbocycles. The molecule has 11 heteroatoms. The van der Waals surface area contributed by atoms with E-state index in [1.807, 2.05) is 19.3 Å². The van der Waals surface area contributed by atoms with E-state index in [2.05, 4.69) is 27.1 Å². The molecule has 2 atom stereocenters. The molecule has 2 aliphatic heterocycles. The molecule has 182 valence electrons. The summed E-state index contributed by atoms with van der Waals surface area (Å²) in [6.07, 6.45) is 5.51. The minimum atomic E-state index is -3.54. The lowest BCUT2D eigenvalue weighted by Gasteiger charge is -2.40. The summed E-state index contributed by atoms with van der Waals surface area (Å²) >= 11 is 0. The SMILES string of the molecule is CNc1cnc2[nH]ccc2c1-c1nc2c(c(C(C)(C)S(C)(=O)=O)n1)OCCC1COC[C@@H](C)N21. The number of hydrogen-bond donors (Lipinski definition) is 2. The van der Waals surface area contributed by atoms with Crippen LogP contribution in [0.15, 0.2) is 18.5 Å². The third kappa shape index (κ3) is 3.49. The van der Waals surface area contributed by atoms with Crippen LogP contribution >= 0.6 is 0 Å².